The molecule has 2 aliphatic carbocycles. The van der Waals surface area contributed by atoms with Gasteiger partial charge in [-0.3, -0.25) is 9.59 Å². The van der Waals surface area contributed by atoms with Gasteiger partial charge in [0.1, 0.15) is 13.2 Å². The third-order valence-electron chi connectivity index (χ3n) is 7.57. The predicted molar refractivity (Wildman–Crippen MR) is 143 cm³/mol. The number of hydrogen-bond donors (Lipinski definition) is 2. The lowest BCUT2D eigenvalue weighted by Gasteiger charge is -2.23. The van der Waals surface area contributed by atoms with Gasteiger partial charge in [0.15, 0.2) is 0 Å². The Bertz CT molecular complexity index is 1260. The summed E-state index contributed by atoms with van der Waals surface area (Å²) in [5.74, 6) is -1.11. The van der Waals surface area contributed by atoms with Crippen molar-refractivity contribution >= 4 is 18.0 Å². The van der Waals surface area contributed by atoms with Gasteiger partial charge in [0.25, 0.3) is 0 Å². The second-order valence-corrected chi connectivity index (χ2v) is 10.2. The van der Waals surface area contributed by atoms with Crippen molar-refractivity contribution in [1.29, 1.82) is 0 Å². The van der Waals surface area contributed by atoms with Crippen molar-refractivity contribution in [2.75, 3.05) is 13.2 Å². The number of ether oxygens (including phenoxy) is 1. The largest absolute Gasteiger partial charge is 0.480 e. The Morgan fingerprint density at radius 1 is 0.868 bits per heavy atom. The van der Waals surface area contributed by atoms with Crippen LogP contribution < -0.4 is 5.32 Å². The monoisotopic (exact) mass is 512 g/mol. The average Bonchev–Trinajstić information content (AvgIpc) is 3.49. The topological polar surface area (TPSA) is 95.9 Å². The van der Waals surface area contributed by atoms with Crippen molar-refractivity contribution in [3.8, 4) is 11.1 Å². The van der Waals surface area contributed by atoms with Gasteiger partial charge in [-0.15, -0.1) is 0 Å². The summed E-state index contributed by atoms with van der Waals surface area (Å²) in [6.07, 6.45) is 2.05. The second-order valence-electron chi connectivity index (χ2n) is 10.2. The highest BCUT2D eigenvalue weighted by Gasteiger charge is 2.32. The predicted octanol–water partition coefficient (Wildman–Crippen LogP) is 5.20. The molecule has 38 heavy (non-hydrogen) atoms. The number of aliphatic carboxylic acids is 1. The molecule has 5 rings (SSSR count). The number of carbonyl (C=O) groups is 3. The van der Waals surface area contributed by atoms with E-state index in [4.69, 9.17) is 4.74 Å². The van der Waals surface area contributed by atoms with E-state index in [1.165, 1.54) is 27.2 Å². The highest BCUT2D eigenvalue weighted by Crippen LogP contribution is 2.44. The molecular weight excluding hydrogens is 480 g/mol. The van der Waals surface area contributed by atoms with Gasteiger partial charge in [-0.25, -0.2) is 4.79 Å². The molecule has 0 heterocycles. The Labute approximate surface area is 222 Å². The zero-order valence-corrected chi connectivity index (χ0v) is 21.2. The molecule has 0 spiro atoms. The lowest BCUT2D eigenvalue weighted by molar-refractivity contribution is -0.145. The Morgan fingerprint density at radius 2 is 1.50 bits per heavy atom. The molecule has 7 heteroatoms. The molecule has 3 aromatic rings. The molecule has 196 valence electrons. The van der Waals surface area contributed by atoms with Crippen LogP contribution in [0.5, 0.6) is 0 Å². The third-order valence-corrected chi connectivity index (χ3v) is 7.57. The maximum atomic E-state index is 13.0. The first-order valence-electron chi connectivity index (χ1n) is 13.1. The van der Waals surface area contributed by atoms with Crippen molar-refractivity contribution in [1.82, 2.24) is 10.2 Å². The Kier molecular flexibility index (Phi) is 7.73. The Morgan fingerprint density at radius 3 is 2.16 bits per heavy atom. The zero-order chi connectivity index (χ0) is 26.5. The number of carboxylic acids is 1. The van der Waals surface area contributed by atoms with Crippen LogP contribution in [-0.4, -0.2) is 47.2 Å². The van der Waals surface area contributed by atoms with E-state index in [1.807, 2.05) is 54.6 Å². The highest BCUT2D eigenvalue weighted by atomic mass is 16.5. The van der Waals surface area contributed by atoms with Crippen LogP contribution in [0.3, 0.4) is 0 Å². The smallest absolute Gasteiger partial charge is 0.407 e. The average molecular weight is 513 g/mol. The van der Waals surface area contributed by atoms with Crippen LogP contribution in [0.25, 0.3) is 11.1 Å². The fourth-order valence-electron chi connectivity index (χ4n) is 5.77. The van der Waals surface area contributed by atoms with E-state index >= 15 is 0 Å². The fraction of sp³-hybridized carbons (Fsp3) is 0.323. The highest BCUT2D eigenvalue weighted by molar-refractivity contribution is 5.81. The number of carbonyl (C=O) groups excluding carboxylic acids is 2. The number of rotatable bonds is 9. The minimum Gasteiger partial charge on any atom is -0.480 e. The molecule has 2 aliphatic rings. The number of fused-ring (bicyclic) bond motifs is 3. The molecule has 1 fully saturated rings. The Balaban J connectivity index is 1.12. The minimum absolute atomic E-state index is 0.00642. The molecule has 2 amide bonds. The van der Waals surface area contributed by atoms with Gasteiger partial charge >= 0.3 is 12.1 Å². The third kappa shape index (κ3) is 5.88. The van der Waals surface area contributed by atoms with Gasteiger partial charge in [-0.05, 0) is 53.0 Å². The molecule has 0 bridgehead atoms. The number of hydrogen-bond acceptors (Lipinski definition) is 4. The lowest BCUT2D eigenvalue weighted by Crippen LogP contribution is -2.36. The summed E-state index contributed by atoms with van der Waals surface area (Å²) in [7, 11) is 0. The molecule has 7 nitrogen and oxygen atoms in total. The molecule has 2 unspecified atom stereocenters. The second kappa shape index (κ2) is 11.5. The summed E-state index contributed by atoms with van der Waals surface area (Å²) in [5.41, 5.74) is 5.60. The maximum Gasteiger partial charge on any atom is 0.407 e. The summed E-state index contributed by atoms with van der Waals surface area (Å²) < 4.78 is 5.68. The standard InChI is InChI=1S/C31H32N2O5/c34-29(33(19-30(35)36)18-21-8-2-1-3-9-21)17-22-14-15-23(16-22)32-31(37)38-20-28-26-12-6-4-10-24(26)25-11-5-7-13-27(25)28/h1-13,22-23,28H,14-20H2,(H,32,37)(H,35,36). The van der Waals surface area contributed by atoms with Crippen LogP contribution in [0.1, 0.15) is 48.3 Å². The number of nitrogens with zero attached hydrogens (tertiary/aromatic N) is 1. The van der Waals surface area contributed by atoms with E-state index in [0.717, 1.165) is 18.4 Å². The first kappa shape index (κ1) is 25.5. The van der Waals surface area contributed by atoms with Gasteiger partial charge in [0.2, 0.25) is 5.91 Å². The first-order chi connectivity index (χ1) is 18.5. The molecule has 0 saturated heterocycles. The summed E-state index contributed by atoms with van der Waals surface area (Å²) in [6, 6.07) is 25.8. The van der Waals surface area contributed by atoms with E-state index in [9.17, 15) is 19.5 Å². The molecular formula is C31H32N2O5. The minimum atomic E-state index is -1.03. The Hall–Kier alpha value is -4.13. The van der Waals surface area contributed by atoms with E-state index in [-0.39, 0.29) is 49.9 Å². The van der Waals surface area contributed by atoms with Crippen LogP contribution >= 0.6 is 0 Å². The summed E-state index contributed by atoms with van der Waals surface area (Å²) in [5, 5.41) is 12.3. The van der Waals surface area contributed by atoms with Crippen molar-refractivity contribution < 1.29 is 24.2 Å². The van der Waals surface area contributed by atoms with Crippen LogP contribution in [0.2, 0.25) is 0 Å². The van der Waals surface area contributed by atoms with Gasteiger partial charge < -0.3 is 20.1 Å². The van der Waals surface area contributed by atoms with E-state index < -0.39 is 12.1 Å². The van der Waals surface area contributed by atoms with Gasteiger partial charge in [0.05, 0.1) is 0 Å². The number of benzene rings is 3. The maximum absolute atomic E-state index is 13.0. The van der Waals surface area contributed by atoms with Crippen LogP contribution in [-0.2, 0) is 20.9 Å². The van der Waals surface area contributed by atoms with Crippen molar-refractivity contribution in [2.24, 2.45) is 5.92 Å². The number of carboxylic acid groups (broad SMARTS) is 1. The van der Waals surface area contributed by atoms with Crippen LogP contribution in [0.15, 0.2) is 78.9 Å². The van der Waals surface area contributed by atoms with Gasteiger partial charge in [0, 0.05) is 24.9 Å². The zero-order valence-electron chi connectivity index (χ0n) is 21.2. The van der Waals surface area contributed by atoms with E-state index in [1.54, 1.807) is 0 Å². The van der Waals surface area contributed by atoms with Crippen LogP contribution in [0, 0.1) is 5.92 Å². The van der Waals surface area contributed by atoms with Gasteiger partial charge in [-0.1, -0.05) is 78.9 Å². The van der Waals surface area contributed by atoms with E-state index in [0.29, 0.717) is 6.42 Å². The lowest BCUT2D eigenvalue weighted by atomic mass is 9.98. The molecule has 0 radical (unpaired) electrons. The summed E-state index contributed by atoms with van der Waals surface area (Å²) >= 11 is 0. The number of nitrogens with one attached hydrogen (secondary N) is 1. The molecule has 0 aliphatic heterocycles. The molecule has 2 N–H and O–H groups in total. The fourth-order valence-corrected chi connectivity index (χ4v) is 5.77. The number of alkyl carbamates (subject to hydrolysis) is 1. The summed E-state index contributed by atoms with van der Waals surface area (Å²) in [6.45, 7) is 0.195. The van der Waals surface area contributed by atoms with Gasteiger partial charge in [-0.2, -0.15) is 0 Å². The van der Waals surface area contributed by atoms with E-state index in [2.05, 4.69) is 29.6 Å². The molecule has 0 aromatic heterocycles. The first-order valence-corrected chi connectivity index (χ1v) is 13.1. The normalized spacial score (nSPS) is 17.9. The van der Waals surface area contributed by atoms with Crippen molar-refractivity contribution in [3.63, 3.8) is 0 Å². The van der Waals surface area contributed by atoms with Crippen LogP contribution in [0.4, 0.5) is 4.79 Å². The number of amides is 2. The SMILES string of the molecule is O=C(O)CN(Cc1ccccc1)C(=O)CC1CCC(NC(=O)OCC2c3ccccc3-c3ccccc32)C1. The van der Waals surface area contributed by atoms with Crippen molar-refractivity contribution in [2.45, 2.75) is 44.2 Å². The summed E-state index contributed by atoms with van der Waals surface area (Å²) in [4.78, 5) is 38.4. The quantitative estimate of drug-likeness (QED) is 0.411. The van der Waals surface area contributed by atoms with Crippen molar-refractivity contribution in [3.05, 3.63) is 95.6 Å². The molecule has 1 saturated carbocycles. The molecule has 3 aromatic carbocycles. The molecule has 2 atom stereocenters.